The van der Waals surface area contributed by atoms with Crippen molar-refractivity contribution in [2.75, 3.05) is 25.2 Å². The van der Waals surface area contributed by atoms with Crippen molar-refractivity contribution >= 4 is 69.3 Å². The van der Waals surface area contributed by atoms with Gasteiger partial charge in [-0.3, -0.25) is 0 Å². The molecule has 0 atom stereocenters. The minimum Gasteiger partial charge on any atom is -0.147 e. The van der Waals surface area contributed by atoms with Gasteiger partial charge in [-0.05, 0) is 19.3 Å². The molecule has 6 heteroatoms. The summed E-state index contributed by atoms with van der Waals surface area (Å²) < 4.78 is 0. The molecule has 0 bridgehead atoms. The fourth-order valence-corrected chi connectivity index (χ4v) is 5.86. The molecule has 0 radical (unpaired) electrons. The Morgan fingerprint density at radius 3 is 0.895 bits per heavy atom. The second kappa shape index (κ2) is 24.9. The van der Waals surface area contributed by atoms with Gasteiger partial charge in [0.2, 0.25) is 0 Å². The highest BCUT2D eigenvalue weighted by molar-refractivity contribution is 7.75. The third kappa shape index (κ3) is 22.3. The summed E-state index contributed by atoms with van der Waals surface area (Å²) in [6.45, 7) is 9.59. The Hall–Kier alpha value is 1.88. The molecule has 0 aromatic heterocycles. The number of hydrogen-bond acceptors (Lipinski definition) is 0. The molecular formula is C13H35Cl5P+. The Morgan fingerprint density at radius 1 is 0.526 bits per heavy atom. The summed E-state index contributed by atoms with van der Waals surface area (Å²) in [6, 6.07) is 0. The van der Waals surface area contributed by atoms with Gasteiger partial charge in [0.25, 0.3) is 0 Å². The van der Waals surface area contributed by atoms with E-state index in [9.17, 15) is 0 Å². The molecule has 0 saturated heterocycles. The molecule has 0 aliphatic carbocycles. The minimum atomic E-state index is -0.519. The molecule has 126 valence electrons. The average molecular weight is 400 g/mol. The van der Waals surface area contributed by atoms with Gasteiger partial charge in [0.1, 0.15) is 0 Å². The zero-order chi connectivity index (χ0) is 10.9. The summed E-state index contributed by atoms with van der Waals surface area (Å²) in [6.07, 6.45) is 13.2. The van der Waals surface area contributed by atoms with Crippen LogP contribution in [0.1, 0.15) is 59.3 Å². The number of rotatable bonds is 9. The Morgan fingerprint density at radius 2 is 0.737 bits per heavy atom. The van der Waals surface area contributed by atoms with Gasteiger partial charge < -0.3 is 0 Å². The van der Waals surface area contributed by atoms with Gasteiger partial charge in [-0.25, -0.2) is 0 Å². The third-order valence-corrected chi connectivity index (χ3v) is 7.34. The van der Waals surface area contributed by atoms with Crippen LogP contribution in [-0.4, -0.2) is 25.2 Å². The van der Waals surface area contributed by atoms with E-state index in [0.29, 0.717) is 0 Å². The van der Waals surface area contributed by atoms with Gasteiger partial charge in [0, 0.05) is 13.9 Å². The molecule has 0 aromatic rings. The van der Waals surface area contributed by atoms with Gasteiger partial charge in [-0.1, -0.05) is 40.0 Å². The fraction of sp³-hybridized carbons (Fsp3) is 1.00. The normalized spacial score (nSPS) is 8.84. The lowest BCUT2D eigenvalue weighted by atomic mass is 10.4. The molecule has 0 unspecified atom stereocenters. The molecule has 0 aliphatic rings. The average Bonchev–Trinajstić information content (AvgIpc) is 2.21. The molecule has 0 N–H and O–H groups in total. The van der Waals surface area contributed by atoms with Gasteiger partial charge in [0.15, 0.2) is 0 Å². The van der Waals surface area contributed by atoms with Crippen LogP contribution in [-0.2, 0) is 0 Å². The van der Waals surface area contributed by atoms with Crippen LogP contribution in [0.3, 0.4) is 0 Å². The number of halogens is 5. The second-order valence-corrected chi connectivity index (χ2v) is 9.43. The van der Waals surface area contributed by atoms with E-state index in [0.717, 1.165) is 0 Å². The maximum Gasteiger partial charge on any atom is 0.0591 e. The summed E-state index contributed by atoms with van der Waals surface area (Å²) in [5, 5.41) is 0. The van der Waals surface area contributed by atoms with Crippen molar-refractivity contribution in [2.45, 2.75) is 59.3 Å². The molecule has 0 nitrogen and oxygen atoms in total. The van der Waals surface area contributed by atoms with Crippen molar-refractivity contribution in [1.29, 1.82) is 0 Å². The highest BCUT2D eigenvalue weighted by Gasteiger charge is 2.28. The van der Waals surface area contributed by atoms with Gasteiger partial charge in [0.05, 0.1) is 18.5 Å². The van der Waals surface area contributed by atoms with Crippen molar-refractivity contribution < 1.29 is 0 Å². The van der Waals surface area contributed by atoms with E-state index in [4.69, 9.17) is 0 Å². The number of unbranched alkanes of at least 4 members (excludes halogenated alkanes) is 3. The molecule has 0 aromatic carbocycles. The van der Waals surface area contributed by atoms with E-state index in [-0.39, 0.29) is 62.0 Å². The predicted octanol–water partition coefficient (Wildman–Crippen LogP) is 7.14. The Kier molecular flexibility index (Phi) is 48.8. The first-order chi connectivity index (χ1) is 6.68. The summed E-state index contributed by atoms with van der Waals surface area (Å²) in [5.41, 5.74) is 0. The van der Waals surface area contributed by atoms with E-state index in [2.05, 4.69) is 27.4 Å². The Balaban J connectivity index is -0.0000000845. The van der Waals surface area contributed by atoms with E-state index < -0.39 is 7.26 Å². The first kappa shape index (κ1) is 37.3. The number of hydrogen-bond donors (Lipinski definition) is 0. The zero-order valence-corrected chi connectivity index (χ0v) is 17.8. The zero-order valence-electron chi connectivity index (χ0n) is 12.9. The van der Waals surface area contributed by atoms with E-state index in [1.807, 2.05) is 0 Å². The smallest absolute Gasteiger partial charge is 0.0591 e. The molecule has 0 spiro atoms. The summed E-state index contributed by atoms with van der Waals surface area (Å²) in [4.78, 5) is 0. The fourth-order valence-electron chi connectivity index (χ4n) is 1.95. The predicted molar refractivity (Wildman–Crippen MR) is 108 cm³/mol. The standard InChI is InChI=1S/C13H30P.5ClH/c1-5-8-11-14(4,12-9-6-2)13-10-7-3;;;;;/h5-13H2,1-4H3;5*1H/q+1;;;;;. The molecular weight excluding hydrogens is 364 g/mol. The first-order valence-electron chi connectivity index (χ1n) is 6.52. The maximum absolute atomic E-state index is 2.62. The molecule has 0 rings (SSSR count). The van der Waals surface area contributed by atoms with E-state index >= 15 is 0 Å². The van der Waals surface area contributed by atoms with Gasteiger partial charge >= 0.3 is 0 Å². The first-order valence-corrected chi connectivity index (χ1v) is 9.31. The van der Waals surface area contributed by atoms with E-state index in [1.54, 1.807) is 18.5 Å². The Bertz CT molecular complexity index is 114. The molecule has 0 saturated carbocycles. The second-order valence-electron chi connectivity index (χ2n) is 4.85. The molecule has 0 aliphatic heterocycles. The van der Waals surface area contributed by atoms with Gasteiger partial charge in [-0.2, -0.15) is 0 Å². The van der Waals surface area contributed by atoms with E-state index in [1.165, 1.54) is 38.5 Å². The lowest BCUT2D eigenvalue weighted by molar-refractivity contribution is 0.838. The van der Waals surface area contributed by atoms with Crippen molar-refractivity contribution in [3.05, 3.63) is 0 Å². The van der Waals surface area contributed by atoms with Crippen LogP contribution in [0.25, 0.3) is 0 Å². The minimum absolute atomic E-state index is 0. The Labute approximate surface area is 153 Å². The van der Waals surface area contributed by atoms with Crippen LogP contribution in [0.4, 0.5) is 0 Å². The highest BCUT2D eigenvalue weighted by atomic mass is 35.5. The summed E-state index contributed by atoms with van der Waals surface area (Å²) in [5.74, 6) is 0. The third-order valence-electron chi connectivity index (χ3n) is 3.15. The van der Waals surface area contributed by atoms with Crippen LogP contribution in [0.5, 0.6) is 0 Å². The SMILES string of the molecule is CCCC[P+](C)(CCCC)CCCC.Cl.Cl.Cl.Cl.Cl. The molecule has 0 fully saturated rings. The van der Waals surface area contributed by atoms with Crippen molar-refractivity contribution in [1.82, 2.24) is 0 Å². The highest BCUT2D eigenvalue weighted by Crippen LogP contribution is 2.57. The van der Waals surface area contributed by atoms with Crippen molar-refractivity contribution in [2.24, 2.45) is 0 Å². The topological polar surface area (TPSA) is 0 Å². The summed E-state index contributed by atoms with van der Waals surface area (Å²) in [7, 11) is -0.519. The van der Waals surface area contributed by atoms with Crippen molar-refractivity contribution in [3.8, 4) is 0 Å². The van der Waals surface area contributed by atoms with Crippen LogP contribution in [0.2, 0.25) is 0 Å². The lowest BCUT2D eigenvalue weighted by Crippen LogP contribution is -2.07. The quantitative estimate of drug-likeness (QED) is 0.361. The molecule has 0 heterocycles. The van der Waals surface area contributed by atoms with Crippen LogP contribution in [0, 0.1) is 0 Å². The molecule has 19 heavy (non-hydrogen) atoms. The van der Waals surface area contributed by atoms with Gasteiger partial charge in [-0.15, -0.1) is 62.0 Å². The summed E-state index contributed by atoms with van der Waals surface area (Å²) >= 11 is 0. The lowest BCUT2D eigenvalue weighted by Gasteiger charge is -2.22. The van der Waals surface area contributed by atoms with Crippen LogP contribution >= 0.6 is 69.3 Å². The van der Waals surface area contributed by atoms with Crippen molar-refractivity contribution in [3.63, 3.8) is 0 Å². The molecule has 0 amide bonds. The van der Waals surface area contributed by atoms with Crippen LogP contribution in [0.15, 0.2) is 0 Å². The monoisotopic (exact) mass is 397 g/mol. The largest absolute Gasteiger partial charge is 0.147 e. The van der Waals surface area contributed by atoms with Crippen LogP contribution < -0.4 is 0 Å². The maximum atomic E-state index is 2.62.